The van der Waals surface area contributed by atoms with Gasteiger partial charge in [-0.25, -0.2) is 0 Å². The molecule has 1 atom stereocenters. The Morgan fingerprint density at radius 2 is 2.19 bits per heavy atom. The number of hydrogen-bond donors (Lipinski definition) is 1. The van der Waals surface area contributed by atoms with E-state index in [-0.39, 0.29) is 6.04 Å². The second kappa shape index (κ2) is 4.63. The van der Waals surface area contributed by atoms with E-state index >= 15 is 0 Å². The molecule has 86 valence electrons. The second-order valence-electron chi connectivity index (χ2n) is 3.82. The Bertz CT molecular complexity index is 478. The minimum Gasteiger partial charge on any atom is -0.383 e. The van der Waals surface area contributed by atoms with E-state index in [4.69, 9.17) is 4.74 Å². The van der Waals surface area contributed by atoms with Gasteiger partial charge in [0.15, 0.2) is 0 Å². The molecule has 1 aromatic carbocycles. The van der Waals surface area contributed by atoms with E-state index in [2.05, 4.69) is 22.5 Å². The Kier molecular flexibility index (Phi) is 3.22. The summed E-state index contributed by atoms with van der Waals surface area (Å²) in [7, 11) is 5.59. The number of methoxy groups -OCH3 is 1. The number of nitrogens with zero attached hydrogens (tertiary/aromatic N) is 2. The summed E-state index contributed by atoms with van der Waals surface area (Å²) in [6, 6.07) is 8.37. The van der Waals surface area contributed by atoms with Gasteiger partial charge in [0.25, 0.3) is 0 Å². The van der Waals surface area contributed by atoms with Crippen molar-refractivity contribution in [2.24, 2.45) is 7.05 Å². The van der Waals surface area contributed by atoms with Crippen molar-refractivity contribution in [1.29, 1.82) is 0 Å². The number of para-hydroxylation sites is 1. The number of aromatic nitrogens is 2. The predicted molar refractivity (Wildman–Crippen MR) is 64.4 cm³/mol. The van der Waals surface area contributed by atoms with Gasteiger partial charge in [0.2, 0.25) is 0 Å². The molecule has 4 nitrogen and oxygen atoms in total. The van der Waals surface area contributed by atoms with Crippen LogP contribution in [0, 0.1) is 0 Å². The molecule has 2 rings (SSSR count). The van der Waals surface area contributed by atoms with Gasteiger partial charge in [-0.1, -0.05) is 18.2 Å². The maximum Gasteiger partial charge on any atom is 0.0896 e. The normalized spacial score (nSPS) is 13.2. The number of likely N-dealkylation sites (N-methyl/N-ethyl adjacent to an activating group) is 1. The molecular weight excluding hydrogens is 202 g/mol. The lowest BCUT2D eigenvalue weighted by Crippen LogP contribution is -2.22. The SMILES string of the molecule is CNC(COC)c1nn(C)c2ccccc12. The van der Waals surface area contributed by atoms with Crippen molar-refractivity contribution < 1.29 is 4.74 Å². The predicted octanol–water partition coefficient (Wildman–Crippen LogP) is 1.48. The van der Waals surface area contributed by atoms with E-state index in [1.807, 2.05) is 30.9 Å². The van der Waals surface area contributed by atoms with Gasteiger partial charge in [0, 0.05) is 19.5 Å². The highest BCUT2D eigenvalue weighted by molar-refractivity contribution is 5.82. The molecule has 0 aliphatic carbocycles. The molecule has 0 saturated carbocycles. The minimum absolute atomic E-state index is 0.135. The highest BCUT2D eigenvalue weighted by Gasteiger charge is 2.16. The molecule has 0 aliphatic rings. The molecule has 1 unspecified atom stereocenters. The number of nitrogens with one attached hydrogen (secondary N) is 1. The summed E-state index contributed by atoms with van der Waals surface area (Å²) >= 11 is 0. The van der Waals surface area contributed by atoms with Crippen molar-refractivity contribution in [3.8, 4) is 0 Å². The molecule has 1 aromatic heterocycles. The third kappa shape index (κ3) is 1.81. The summed E-state index contributed by atoms with van der Waals surface area (Å²) < 4.78 is 7.10. The topological polar surface area (TPSA) is 39.1 Å². The van der Waals surface area contributed by atoms with E-state index in [1.54, 1.807) is 7.11 Å². The van der Waals surface area contributed by atoms with Crippen molar-refractivity contribution in [1.82, 2.24) is 15.1 Å². The summed E-state index contributed by atoms with van der Waals surface area (Å²) in [4.78, 5) is 0. The lowest BCUT2D eigenvalue weighted by Gasteiger charge is -2.12. The summed E-state index contributed by atoms with van der Waals surface area (Å²) in [5.74, 6) is 0. The first-order valence-electron chi connectivity index (χ1n) is 5.35. The van der Waals surface area contributed by atoms with Crippen LogP contribution in [0.15, 0.2) is 24.3 Å². The molecule has 0 aliphatic heterocycles. The van der Waals surface area contributed by atoms with Crippen molar-refractivity contribution in [2.75, 3.05) is 20.8 Å². The van der Waals surface area contributed by atoms with Gasteiger partial charge in [-0.15, -0.1) is 0 Å². The molecule has 1 heterocycles. The van der Waals surface area contributed by atoms with Crippen molar-refractivity contribution in [3.05, 3.63) is 30.0 Å². The van der Waals surface area contributed by atoms with Crippen LogP contribution in [-0.2, 0) is 11.8 Å². The first-order chi connectivity index (χ1) is 7.77. The molecular formula is C12H17N3O. The number of fused-ring (bicyclic) bond motifs is 1. The lowest BCUT2D eigenvalue weighted by atomic mass is 10.1. The van der Waals surface area contributed by atoms with Gasteiger partial charge in [-0.05, 0) is 13.1 Å². The first-order valence-corrected chi connectivity index (χ1v) is 5.35. The lowest BCUT2D eigenvalue weighted by molar-refractivity contribution is 0.169. The van der Waals surface area contributed by atoms with Crippen molar-refractivity contribution >= 4 is 10.9 Å². The number of rotatable bonds is 4. The third-order valence-electron chi connectivity index (χ3n) is 2.80. The molecule has 0 amide bonds. The standard InChI is InChI=1S/C12H17N3O/c1-13-10(8-16-3)12-9-6-4-5-7-11(9)15(2)14-12/h4-7,10,13H,8H2,1-3H3. The van der Waals surface area contributed by atoms with Gasteiger partial charge in [-0.3, -0.25) is 4.68 Å². The fraction of sp³-hybridized carbons (Fsp3) is 0.417. The largest absolute Gasteiger partial charge is 0.383 e. The minimum atomic E-state index is 0.135. The third-order valence-corrected chi connectivity index (χ3v) is 2.80. The number of benzene rings is 1. The maximum absolute atomic E-state index is 5.20. The Balaban J connectivity index is 2.51. The van der Waals surface area contributed by atoms with Gasteiger partial charge in [0.05, 0.1) is 23.9 Å². The monoisotopic (exact) mass is 219 g/mol. The van der Waals surface area contributed by atoms with Gasteiger partial charge < -0.3 is 10.1 Å². The second-order valence-corrected chi connectivity index (χ2v) is 3.82. The summed E-state index contributed by atoms with van der Waals surface area (Å²) in [5.41, 5.74) is 2.19. The fourth-order valence-corrected chi connectivity index (χ4v) is 1.96. The van der Waals surface area contributed by atoms with Crippen molar-refractivity contribution in [2.45, 2.75) is 6.04 Å². The van der Waals surface area contributed by atoms with Gasteiger partial charge >= 0.3 is 0 Å². The number of ether oxygens (including phenoxy) is 1. The maximum atomic E-state index is 5.20. The van der Waals surface area contributed by atoms with Crippen LogP contribution < -0.4 is 5.32 Å². The number of aryl methyl sites for hydroxylation is 1. The fourth-order valence-electron chi connectivity index (χ4n) is 1.96. The first kappa shape index (κ1) is 11.1. The molecule has 2 aromatic rings. The van der Waals surface area contributed by atoms with Crippen LogP contribution in [0.2, 0.25) is 0 Å². The summed E-state index contributed by atoms with van der Waals surface area (Å²) in [5, 5.41) is 8.96. The molecule has 4 heteroatoms. The molecule has 0 radical (unpaired) electrons. The summed E-state index contributed by atoms with van der Waals surface area (Å²) in [6.07, 6.45) is 0. The van der Waals surface area contributed by atoms with Gasteiger partial charge in [-0.2, -0.15) is 5.10 Å². The van der Waals surface area contributed by atoms with Crippen LogP contribution in [0.3, 0.4) is 0 Å². The van der Waals surface area contributed by atoms with Gasteiger partial charge in [0.1, 0.15) is 0 Å². The highest BCUT2D eigenvalue weighted by Crippen LogP contribution is 2.22. The number of hydrogen-bond acceptors (Lipinski definition) is 3. The van der Waals surface area contributed by atoms with Crippen LogP contribution in [0.1, 0.15) is 11.7 Å². The smallest absolute Gasteiger partial charge is 0.0896 e. The molecule has 0 saturated heterocycles. The van der Waals surface area contributed by atoms with E-state index < -0.39 is 0 Å². The Labute approximate surface area is 95.2 Å². The van der Waals surface area contributed by atoms with Crippen LogP contribution in [-0.4, -0.2) is 30.5 Å². The summed E-state index contributed by atoms with van der Waals surface area (Å²) in [6.45, 7) is 0.623. The Hall–Kier alpha value is -1.39. The van der Waals surface area contributed by atoms with E-state index in [0.29, 0.717) is 6.61 Å². The average Bonchev–Trinajstić information content (AvgIpc) is 2.65. The van der Waals surface area contributed by atoms with E-state index in [0.717, 1.165) is 11.2 Å². The average molecular weight is 219 g/mol. The van der Waals surface area contributed by atoms with Crippen LogP contribution in [0.4, 0.5) is 0 Å². The van der Waals surface area contributed by atoms with Crippen LogP contribution in [0.25, 0.3) is 10.9 Å². The Morgan fingerprint density at radius 1 is 1.44 bits per heavy atom. The quantitative estimate of drug-likeness (QED) is 0.846. The van der Waals surface area contributed by atoms with Crippen LogP contribution >= 0.6 is 0 Å². The highest BCUT2D eigenvalue weighted by atomic mass is 16.5. The zero-order valence-electron chi connectivity index (χ0n) is 9.90. The zero-order chi connectivity index (χ0) is 11.5. The molecule has 16 heavy (non-hydrogen) atoms. The van der Waals surface area contributed by atoms with Crippen molar-refractivity contribution in [3.63, 3.8) is 0 Å². The molecule has 0 fully saturated rings. The molecule has 1 N–H and O–H groups in total. The van der Waals surface area contributed by atoms with E-state index in [9.17, 15) is 0 Å². The molecule has 0 spiro atoms. The van der Waals surface area contributed by atoms with Crippen LogP contribution in [0.5, 0.6) is 0 Å². The zero-order valence-corrected chi connectivity index (χ0v) is 9.90. The Morgan fingerprint density at radius 3 is 2.88 bits per heavy atom. The van der Waals surface area contributed by atoms with E-state index in [1.165, 1.54) is 5.39 Å². The molecule has 0 bridgehead atoms.